The molecule has 7 heteroatoms. The number of carbonyl (C=O) groups is 1. The number of anilines is 1. The van der Waals surface area contributed by atoms with Crippen molar-refractivity contribution in [1.29, 1.82) is 0 Å². The predicted octanol–water partition coefficient (Wildman–Crippen LogP) is 4.85. The second-order valence-electron chi connectivity index (χ2n) is 7.46. The molecule has 1 amide bonds. The number of pyridine rings is 1. The van der Waals surface area contributed by atoms with E-state index in [1.54, 1.807) is 23.2 Å². The third-order valence-electron chi connectivity index (χ3n) is 4.88. The molecule has 0 saturated heterocycles. The number of H-pyrrole nitrogens is 1. The van der Waals surface area contributed by atoms with Crippen LogP contribution in [-0.4, -0.2) is 21.1 Å². The molecule has 1 unspecified atom stereocenters. The molecule has 1 aliphatic heterocycles. The van der Waals surface area contributed by atoms with Gasteiger partial charge >= 0.3 is 0 Å². The Bertz CT molecular complexity index is 1050. The highest BCUT2D eigenvalue weighted by Crippen LogP contribution is 2.43. The van der Waals surface area contributed by atoms with Gasteiger partial charge in [-0.2, -0.15) is 5.10 Å². The lowest BCUT2D eigenvalue weighted by Crippen LogP contribution is -2.30. The lowest BCUT2D eigenvalue weighted by Gasteiger charge is -2.26. The standard InChI is InChI=1S/C21H20ClFN4O/c1-11(2)8-17-18-19(26-25-17)21(28)27(14-6-4-12(3)24-10-14)20(18)15-7-5-13(22)9-16(15)23/h4-7,9-11,20H,8H2,1-3H3,(H,25,26). The van der Waals surface area contributed by atoms with Crippen LogP contribution in [0.5, 0.6) is 0 Å². The third-order valence-corrected chi connectivity index (χ3v) is 5.11. The Morgan fingerprint density at radius 3 is 2.71 bits per heavy atom. The van der Waals surface area contributed by atoms with Gasteiger partial charge in [0.05, 0.1) is 23.6 Å². The van der Waals surface area contributed by atoms with Gasteiger partial charge in [-0.05, 0) is 43.5 Å². The molecule has 3 aromatic rings. The van der Waals surface area contributed by atoms with Crippen LogP contribution in [-0.2, 0) is 6.42 Å². The normalized spacial score (nSPS) is 16.1. The first-order chi connectivity index (χ1) is 13.4. The Hall–Kier alpha value is -2.73. The Balaban J connectivity index is 1.92. The van der Waals surface area contributed by atoms with Crippen molar-refractivity contribution in [2.24, 2.45) is 5.92 Å². The number of rotatable bonds is 4. The Labute approximate surface area is 167 Å². The van der Waals surface area contributed by atoms with Gasteiger partial charge in [0.1, 0.15) is 11.5 Å². The second-order valence-corrected chi connectivity index (χ2v) is 7.89. The van der Waals surface area contributed by atoms with Crippen LogP contribution < -0.4 is 4.90 Å². The van der Waals surface area contributed by atoms with Crippen molar-refractivity contribution in [3.63, 3.8) is 0 Å². The number of aromatic nitrogens is 3. The van der Waals surface area contributed by atoms with E-state index in [-0.39, 0.29) is 5.91 Å². The van der Waals surface area contributed by atoms with E-state index in [0.717, 1.165) is 17.0 Å². The number of benzene rings is 1. The van der Waals surface area contributed by atoms with E-state index in [4.69, 9.17) is 11.6 Å². The van der Waals surface area contributed by atoms with E-state index in [1.807, 2.05) is 19.1 Å². The zero-order chi connectivity index (χ0) is 20.0. The van der Waals surface area contributed by atoms with Gasteiger partial charge in [0.25, 0.3) is 5.91 Å². The summed E-state index contributed by atoms with van der Waals surface area (Å²) in [5, 5.41) is 7.54. The Kier molecular flexibility index (Phi) is 4.67. The fraction of sp³-hybridized carbons (Fsp3) is 0.286. The number of hydrogen-bond donors (Lipinski definition) is 1. The number of halogens is 2. The zero-order valence-electron chi connectivity index (χ0n) is 15.8. The summed E-state index contributed by atoms with van der Waals surface area (Å²) in [5.41, 5.74) is 3.72. The van der Waals surface area contributed by atoms with E-state index in [0.29, 0.717) is 34.3 Å². The number of aryl methyl sites for hydroxylation is 1. The van der Waals surface area contributed by atoms with Crippen LogP contribution in [0.3, 0.4) is 0 Å². The molecular formula is C21H20ClFN4O. The quantitative estimate of drug-likeness (QED) is 0.683. The summed E-state index contributed by atoms with van der Waals surface area (Å²) in [7, 11) is 0. The average molecular weight is 399 g/mol. The maximum absolute atomic E-state index is 14.9. The topological polar surface area (TPSA) is 61.9 Å². The van der Waals surface area contributed by atoms with Crippen molar-refractivity contribution < 1.29 is 9.18 Å². The van der Waals surface area contributed by atoms with Crippen molar-refractivity contribution in [3.8, 4) is 0 Å². The van der Waals surface area contributed by atoms with Crippen LogP contribution >= 0.6 is 11.6 Å². The molecule has 1 aromatic carbocycles. The summed E-state index contributed by atoms with van der Waals surface area (Å²) in [5.74, 6) is -0.365. The summed E-state index contributed by atoms with van der Waals surface area (Å²) < 4.78 is 14.9. The van der Waals surface area contributed by atoms with Crippen molar-refractivity contribution in [3.05, 3.63) is 75.6 Å². The lowest BCUT2D eigenvalue weighted by atomic mass is 9.95. The van der Waals surface area contributed by atoms with Crippen molar-refractivity contribution in [1.82, 2.24) is 15.2 Å². The van der Waals surface area contributed by atoms with E-state index >= 15 is 0 Å². The summed E-state index contributed by atoms with van der Waals surface area (Å²) >= 11 is 5.95. The van der Waals surface area contributed by atoms with Gasteiger partial charge in [-0.3, -0.25) is 19.8 Å². The molecule has 1 aliphatic rings. The SMILES string of the molecule is Cc1ccc(N2C(=O)c3[nH]nc(CC(C)C)c3C2c2ccc(Cl)cc2F)cn1. The first-order valence-electron chi connectivity index (χ1n) is 9.15. The maximum Gasteiger partial charge on any atom is 0.277 e. The number of amides is 1. The van der Waals surface area contributed by atoms with Crippen LogP contribution in [0.2, 0.25) is 5.02 Å². The minimum absolute atomic E-state index is 0.248. The van der Waals surface area contributed by atoms with Crippen LogP contribution in [0.15, 0.2) is 36.5 Å². The molecule has 0 bridgehead atoms. The van der Waals surface area contributed by atoms with Crippen LogP contribution in [0.4, 0.5) is 10.1 Å². The number of nitrogens with zero attached hydrogens (tertiary/aromatic N) is 3. The van der Waals surface area contributed by atoms with Crippen molar-refractivity contribution >= 4 is 23.2 Å². The molecule has 3 heterocycles. The van der Waals surface area contributed by atoms with Gasteiger partial charge in [0.15, 0.2) is 0 Å². The molecule has 0 radical (unpaired) electrons. The maximum atomic E-state index is 14.9. The van der Waals surface area contributed by atoms with E-state index < -0.39 is 11.9 Å². The largest absolute Gasteiger partial charge is 0.294 e. The molecule has 28 heavy (non-hydrogen) atoms. The minimum Gasteiger partial charge on any atom is -0.294 e. The number of aromatic amines is 1. The number of fused-ring (bicyclic) bond motifs is 1. The fourth-order valence-electron chi connectivity index (χ4n) is 3.64. The summed E-state index contributed by atoms with van der Waals surface area (Å²) in [4.78, 5) is 19.1. The van der Waals surface area contributed by atoms with Gasteiger partial charge in [0.2, 0.25) is 0 Å². The highest BCUT2D eigenvalue weighted by molar-refractivity contribution is 6.30. The molecule has 1 N–H and O–H groups in total. The number of hydrogen-bond acceptors (Lipinski definition) is 3. The molecule has 0 aliphatic carbocycles. The highest BCUT2D eigenvalue weighted by Gasteiger charge is 2.43. The third kappa shape index (κ3) is 3.07. The highest BCUT2D eigenvalue weighted by atomic mass is 35.5. The van der Waals surface area contributed by atoms with E-state index in [2.05, 4.69) is 29.0 Å². The van der Waals surface area contributed by atoms with Gasteiger partial charge in [-0.25, -0.2) is 4.39 Å². The first-order valence-corrected chi connectivity index (χ1v) is 9.53. The first kappa shape index (κ1) is 18.6. The molecule has 2 aromatic heterocycles. The van der Waals surface area contributed by atoms with Crippen molar-refractivity contribution in [2.45, 2.75) is 33.2 Å². The summed E-state index contributed by atoms with van der Waals surface area (Å²) in [6.07, 6.45) is 2.32. The molecular weight excluding hydrogens is 379 g/mol. The molecule has 0 fully saturated rings. The summed E-state index contributed by atoms with van der Waals surface area (Å²) in [6.45, 7) is 6.04. The van der Waals surface area contributed by atoms with Crippen LogP contribution in [0, 0.1) is 18.7 Å². The molecule has 4 rings (SSSR count). The minimum atomic E-state index is -0.628. The molecule has 0 saturated carbocycles. The second kappa shape index (κ2) is 7.02. The fourth-order valence-corrected chi connectivity index (χ4v) is 3.80. The van der Waals surface area contributed by atoms with Crippen LogP contribution in [0.1, 0.15) is 52.9 Å². The molecule has 144 valence electrons. The zero-order valence-corrected chi connectivity index (χ0v) is 16.6. The molecule has 5 nitrogen and oxygen atoms in total. The lowest BCUT2D eigenvalue weighted by molar-refractivity contribution is 0.0988. The summed E-state index contributed by atoms with van der Waals surface area (Å²) in [6, 6.07) is 7.56. The smallest absolute Gasteiger partial charge is 0.277 e. The van der Waals surface area contributed by atoms with Gasteiger partial charge in [-0.15, -0.1) is 0 Å². The molecule has 1 atom stereocenters. The van der Waals surface area contributed by atoms with Crippen LogP contribution in [0.25, 0.3) is 0 Å². The van der Waals surface area contributed by atoms with Crippen molar-refractivity contribution in [2.75, 3.05) is 4.90 Å². The monoisotopic (exact) mass is 398 g/mol. The number of nitrogens with one attached hydrogen (secondary N) is 1. The average Bonchev–Trinajstić information content (AvgIpc) is 3.15. The number of carbonyl (C=O) groups excluding carboxylic acids is 1. The van der Waals surface area contributed by atoms with Gasteiger partial charge in [0, 0.05) is 21.8 Å². The Morgan fingerprint density at radius 2 is 2.07 bits per heavy atom. The molecule has 0 spiro atoms. The van der Waals surface area contributed by atoms with E-state index in [9.17, 15) is 9.18 Å². The Morgan fingerprint density at radius 1 is 1.29 bits per heavy atom. The van der Waals surface area contributed by atoms with Gasteiger partial charge < -0.3 is 0 Å². The predicted molar refractivity (Wildman–Crippen MR) is 106 cm³/mol. The van der Waals surface area contributed by atoms with Gasteiger partial charge in [-0.1, -0.05) is 31.5 Å². The van der Waals surface area contributed by atoms with E-state index in [1.165, 1.54) is 6.07 Å².